The Hall–Kier alpha value is -2.66. The summed E-state index contributed by atoms with van der Waals surface area (Å²) in [5, 5.41) is 4.39. The Bertz CT molecular complexity index is 885. The van der Waals surface area contributed by atoms with Gasteiger partial charge < -0.3 is 4.43 Å². The van der Waals surface area contributed by atoms with Crippen molar-refractivity contribution in [2.24, 2.45) is 12.0 Å². The third-order valence-corrected chi connectivity index (χ3v) is 4.72. The summed E-state index contributed by atoms with van der Waals surface area (Å²) in [6.45, 7) is 6.37. The number of hydrogen-bond acceptors (Lipinski definition) is 3. The number of aromatic nitrogens is 2. The Morgan fingerprint density at radius 1 is 1.04 bits per heavy atom. The van der Waals surface area contributed by atoms with Gasteiger partial charge >= 0.3 is 0 Å². The Labute approximate surface area is 150 Å². The van der Waals surface area contributed by atoms with Crippen LogP contribution in [0.5, 0.6) is 5.75 Å². The fourth-order valence-corrected chi connectivity index (χ4v) is 3.34. The van der Waals surface area contributed by atoms with Gasteiger partial charge in [0.15, 0.2) is 0 Å². The van der Waals surface area contributed by atoms with Crippen molar-refractivity contribution in [3.63, 3.8) is 0 Å². The number of nitrogens with zero attached hydrogens (tertiary/aromatic N) is 3. The van der Waals surface area contributed by atoms with E-state index in [2.05, 4.69) is 37.2 Å². The van der Waals surface area contributed by atoms with Crippen LogP contribution in [0.2, 0.25) is 13.1 Å². The number of para-hydroxylation sites is 2. The fourth-order valence-electron chi connectivity index (χ4n) is 2.63. The van der Waals surface area contributed by atoms with E-state index in [1.807, 2.05) is 60.4 Å². The molecule has 0 aliphatic carbocycles. The molecule has 0 radical (unpaired) electrons. The van der Waals surface area contributed by atoms with Crippen molar-refractivity contribution >= 4 is 20.4 Å². The van der Waals surface area contributed by atoms with Crippen molar-refractivity contribution in [3.05, 3.63) is 77.6 Å². The molecule has 25 heavy (non-hydrogen) atoms. The number of benzene rings is 2. The summed E-state index contributed by atoms with van der Waals surface area (Å²) in [5.74, 6) is 0.846. The van der Waals surface area contributed by atoms with Crippen LogP contribution in [0.1, 0.15) is 16.8 Å². The van der Waals surface area contributed by atoms with Crippen LogP contribution >= 0.6 is 0 Å². The average Bonchev–Trinajstić information content (AvgIpc) is 2.93. The summed E-state index contributed by atoms with van der Waals surface area (Å²) < 4.78 is 7.94. The number of aryl methyl sites for hydroxylation is 1. The predicted octanol–water partition coefficient (Wildman–Crippen LogP) is 4.26. The number of rotatable bonds is 5. The second-order valence-electron chi connectivity index (χ2n) is 6.23. The smallest absolute Gasteiger partial charge is 0.229 e. The lowest BCUT2D eigenvalue weighted by Crippen LogP contribution is -2.11. The summed E-state index contributed by atoms with van der Waals surface area (Å²) in [6.07, 6.45) is 1.88. The second-order valence-corrected chi connectivity index (χ2v) is 8.56. The van der Waals surface area contributed by atoms with E-state index in [4.69, 9.17) is 9.42 Å². The average molecular weight is 350 g/mol. The third-order valence-electron chi connectivity index (χ3n) is 4.00. The molecule has 4 nitrogen and oxygen atoms in total. The molecule has 3 aromatic rings. The molecule has 2 aromatic carbocycles. The summed E-state index contributed by atoms with van der Waals surface area (Å²) in [7, 11) is 0.738. The van der Waals surface area contributed by atoms with Gasteiger partial charge in [-0.25, -0.2) is 4.99 Å². The van der Waals surface area contributed by atoms with Crippen LogP contribution in [0.4, 0.5) is 5.69 Å². The molecule has 128 valence electrons. The molecule has 0 aliphatic heterocycles. The SMILES string of the molecule is Cc1c(C(=Nc2ccccc2O[SiH](C)C)c2ccccc2)cnn1C. The first kappa shape index (κ1) is 17.2. The van der Waals surface area contributed by atoms with Crippen molar-refractivity contribution in [3.8, 4) is 5.75 Å². The van der Waals surface area contributed by atoms with Crippen molar-refractivity contribution in [1.29, 1.82) is 0 Å². The normalized spacial score (nSPS) is 11.8. The van der Waals surface area contributed by atoms with Gasteiger partial charge in [0, 0.05) is 23.9 Å². The van der Waals surface area contributed by atoms with Crippen LogP contribution in [-0.2, 0) is 7.05 Å². The van der Waals surface area contributed by atoms with Crippen LogP contribution in [0.15, 0.2) is 65.8 Å². The summed E-state index contributed by atoms with van der Waals surface area (Å²) in [5.41, 5.74) is 4.94. The highest BCUT2D eigenvalue weighted by atomic mass is 28.3. The zero-order valence-electron chi connectivity index (χ0n) is 15.1. The molecule has 0 unspecified atom stereocenters. The maximum absolute atomic E-state index is 6.06. The quantitative estimate of drug-likeness (QED) is 0.510. The lowest BCUT2D eigenvalue weighted by molar-refractivity contribution is 0.582. The first-order valence-corrected chi connectivity index (χ1v) is 11.2. The van der Waals surface area contributed by atoms with Gasteiger partial charge in [-0.15, -0.1) is 0 Å². The van der Waals surface area contributed by atoms with Crippen molar-refractivity contribution < 1.29 is 4.43 Å². The first-order chi connectivity index (χ1) is 12.1. The van der Waals surface area contributed by atoms with Gasteiger partial charge in [0.25, 0.3) is 0 Å². The Morgan fingerprint density at radius 2 is 1.72 bits per heavy atom. The molecule has 1 aromatic heterocycles. The minimum absolute atomic E-state index is 0.846. The lowest BCUT2D eigenvalue weighted by atomic mass is 10.0. The largest absolute Gasteiger partial charge is 0.546 e. The molecular weight excluding hydrogens is 326 g/mol. The molecule has 0 N–H and O–H groups in total. The van der Waals surface area contributed by atoms with E-state index in [1.165, 1.54) is 0 Å². The minimum atomic E-state index is -1.21. The topological polar surface area (TPSA) is 39.4 Å². The highest BCUT2D eigenvalue weighted by molar-refractivity contribution is 6.49. The van der Waals surface area contributed by atoms with E-state index in [-0.39, 0.29) is 0 Å². The molecule has 0 bridgehead atoms. The summed E-state index contributed by atoms with van der Waals surface area (Å²) >= 11 is 0. The van der Waals surface area contributed by atoms with E-state index in [1.54, 1.807) is 0 Å². The summed E-state index contributed by atoms with van der Waals surface area (Å²) in [4.78, 5) is 4.99. The molecular formula is C20H23N3OSi. The maximum Gasteiger partial charge on any atom is 0.229 e. The van der Waals surface area contributed by atoms with Crippen LogP contribution in [0.25, 0.3) is 0 Å². The van der Waals surface area contributed by atoms with E-state index in [0.717, 1.165) is 34.0 Å². The van der Waals surface area contributed by atoms with Crippen molar-refractivity contribution in [2.45, 2.75) is 20.0 Å². The molecule has 0 spiro atoms. The van der Waals surface area contributed by atoms with E-state index in [0.29, 0.717) is 0 Å². The Kier molecular flexibility index (Phi) is 5.14. The van der Waals surface area contributed by atoms with Gasteiger partial charge in [-0.3, -0.25) is 4.68 Å². The zero-order valence-corrected chi connectivity index (χ0v) is 16.3. The standard InChI is InChI=1S/C20H23N3OSi/c1-15-17(14-21-23(15)2)20(16-10-6-5-7-11-16)22-18-12-8-9-13-19(18)24-25(3)4/h5-14,25H,1-4H3. The van der Waals surface area contributed by atoms with Crippen LogP contribution < -0.4 is 4.43 Å². The Balaban J connectivity index is 2.16. The van der Waals surface area contributed by atoms with E-state index < -0.39 is 9.04 Å². The highest BCUT2D eigenvalue weighted by Crippen LogP contribution is 2.29. The molecule has 3 rings (SSSR count). The molecule has 0 atom stereocenters. The van der Waals surface area contributed by atoms with E-state index >= 15 is 0 Å². The monoisotopic (exact) mass is 349 g/mol. The molecule has 0 saturated heterocycles. The molecule has 5 heteroatoms. The van der Waals surface area contributed by atoms with E-state index in [9.17, 15) is 0 Å². The van der Waals surface area contributed by atoms with Gasteiger partial charge in [0.2, 0.25) is 9.04 Å². The molecule has 0 saturated carbocycles. The third kappa shape index (κ3) is 3.88. The zero-order chi connectivity index (χ0) is 17.8. The second kappa shape index (κ2) is 7.48. The molecule has 0 fully saturated rings. The summed E-state index contributed by atoms with van der Waals surface area (Å²) in [6, 6.07) is 18.2. The van der Waals surface area contributed by atoms with Crippen molar-refractivity contribution in [1.82, 2.24) is 9.78 Å². The highest BCUT2D eigenvalue weighted by Gasteiger charge is 2.15. The van der Waals surface area contributed by atoms with Crippen LogP contribution in [0, 0.1) is 6.92 Å². The minimum Gasteiger partial charge on any atom is -0.546 e. The van der Waals surface area contributed by atoms with Gasteiger partial charge in [0.05, 0.1) is 11.9 Å². The molecule has 1 heterocycles. The van der Waals surface area contributed by atoms with Gasteiger partial charge in [-0.1, -0.05) is 42.5 Å². The molecule has 0 amide bonds. The first-order valence-electron chi connectivity index (χ1n) is 8.45. The van der Waals surface area contributed by atoms with Gasteiger partial charge in [0.1, 0.15) is 11.4 Å². The number of hydrogen-bond donors (Lipinski definition) is 0. The van der Waals surface area contributed by atoms with Crippen molar-refractivity contribution in [2.75, 3.05) is 0 Å². The van der Waals surface area contributed by atoms with Crippen LogP contribution in [0.3, 0.4) is 0 Å². The molecule has 0 aliphatic rings. The van der Waals surface area contributed by atoms with Crippen LogP contribution in [-0.4, -0.2) is 24.5 Å². The number of aliphatic imine (C=N–C) groups is 1. The Morgan fingerprint density at radius 3 is 2.36 bits per heavy atom. The fraction of sp³-hybridized carbons (Fsp3) is 0.200. The maximum atomic E-state index is 6.06. The van der Waals surface area contributed by atoms with Gasteiger partial charge in [-0.05, 0) is 32.2 Å². The lowest BCUT2D eigenvalue weighted by Gasteiger charge is -2.13. The van der Waals surface area contributed by atoms with Gasteiger partial charge in [-0.2, -0.15) is 5.10 Å². The predicted molar refractivity (Wildman–Crippen MR) is 106 cm³/mol.